The van der Waals surface area contributed by atoms with Gasteiger partial charge in [-0.1, -0.05) is 38.1 Å². The largest absolute Gasteiger partial charge is 0.457 e. The van der Waals surface area contributed by atoms with Crippen molar-refractivity contribution in [3.05, 3.63) is 90.9 Å². The van der Waals surface area contributed by atoms with E-state index in [0.717, 1.165) is 22.3 Å². The molecule has 0 spiro atoms. The molecular weight excluding hydrogens is 440 g/mol. The number of aromatic amines is 1. The van der Waals surface area contributed by atoms with E-state index in [9.17, 15) is 4.79 Å². The van der Waals surface area contributed by atoms with Gasteiger partial charge in [-0.2, -0.15) is 5.10 Å². The van der Waals surface area contributed by atoms with Crippen molar-refractivity contribution in [1.82, 2.24) is 20.2 Å². The molecule has 0 radical (unpaired) electrons. The minimum atomic E-state index is -0.308. The number of rotatable bonds is 6. The highest BCUT2D eigenvalue weighted by atomic mass is 16.5. The van der Waals surface area contributed by atoms with Gasteiger partial charge in [-0.25, -0.2) is 14.8 Å². The number of nitrogens with zero attached hydrogens (tertiary/aromatic N) is 3. The number of amides is 2. The number of fused-ring (bicyclic) bond motifs is 1. The number of urea groups is 1. The number of hydrogen-bond donors (Lipinski definition) is 3. The van der Waals surface area contributed by atoms with Crippen LogP contribution in [0, 0.1) is 0 Å². The summed E-state index contributed by atoms with van der Waals surface area (Å²) in [7, 11) is 0. The number of nitrogens with one attached hydrogen (secondary N) is 3. The second kappa shape index (κ2) is 9.64. The minimum absolute atomic E-state index is 0.308. The monoisotopic (exact) mass is 464 g/mol. The van der Waals surface area contributed by atoms with Crippen molar-refractivity contribution in [3.8, 4) is 22.8 Å². The lowest BCUT2D eigenvalue weighted by Gasteiger charge is -2.13. The summed E-state index contributed by atoms with van der Waals surface area (Å²) in [6.45, 7) is 4.24. The van der Waals surface area contributed by atoms with Gasteiger partial charge in [-0.3, -0.25) is 5.10 Å². The Morgan fingerprint density at radius 3 is 2.54 bits per heavy atom. The van der Waals surface area contributed by atoms with E-state index in [0.29, 0.717) is 28.8 Å². The first kappa shape index (κ1) is 22.1. The number of benzene rings is 3. The maximum absolute atomic E-state index is 12.5. The second-order valence-corrected chi connectivity index (χ2v) is 8.34. The number of carbonyl (C=O) groups is 1. The van der Waals surface area contributed by atoms with Crippen LogP contribution in [0.4, 0.5) is 16.2 Å². The van der Waals surface area contributed by atoms with E-state index >= 15 is 0 Å². The number of H-pyrrole nitrogens is 1. The van der Waals surface area contributed by atoms with Gasteiger partial charge in [0.15, 0.2) is 5.65 Å². The first-order valence-corrected chi connectivity index (χ1v) is 11.3. The maximum Gasteiger partial charge on any atom is 0.323 e. The molecule has 2 heterocycles. The summed E-state index contributed by atoms with van der Waals surface area (Å²) < 4.78 is 6.16. The van der Waals surface area contributed by atoms with Crippen LogP contribution >= 0.6 is 0 Å². The molecule has 0 aliphatic heterocycles. The molecule has 0 aliphatic carbocycles. The van der Waals surface area contributed by atoms with Crippen molar-refractivity contribution in [1.29, 1.82) is 0 Å². The van der Waals surface area contributed by atoms with Crippen molar-refractivity contribution in [2.24, 2.45) is 0 Å². The Hall–Kier alpha value is -4.72. The minimum Gasteiger partial charge on any atom is -0.457 e. The van der Waals surface area contributed by atoms with Gasteiger partial charge in [-0.05, 0) is 60.0 Å². The Balaban J connectivity index is 1.29. The van der Waals surface area contributed by atoms with Gasteiger partial charge in [0, 0.05) is 16.9 Å². The molecule has 0 saturated heterocycles. The first-order valence-electron chi connectivity index (χ1n) is 11.3. The average Bonchev–Trinajstić information content (AvgIpc) is 3.35. The zero-order valence-corrected chi connectivity index (χ0v) is 19.3. The van der Waals surface area contributed by atoms with Gasteiger partial charge in [0.25, 0.3) is 0 Å². The summed E-state index contributed by atoms with van der Waals surface area (Å²) in [6.07, 6.45) is 3.20. The quantitative estimate of drug-likeness (QED) is 0.263. The number of carbonyl (C=O) groups excluding carboxylic acids is 1. The molecule has 3 N–H and O–H groups in total. The van der Waals surface area contributed by atoms with Gasteiger partial charge in [-0.15, -0.1) is 0 Å². The smallest absolute Gasteiger partial charge is 0.323 e. The van der Waals surface area contributed by atoms with E-state index in [-0.39, 0.29) is 6.03 Å². The van der Waals surface area contributed by atoms with Crippen molar-refractivity contribution >= 4 is 28.4 Å². The highest BCUT2D eigenvalue weighted by Crippen LogP contribution is 2.35. The van der Waals surface area contributed by atoms with Crippen molar-refractivity contribution in [3.63, 3.8) is 0 Å². The second-order valence-electron chi connectivity index (χ2n) is 8.34. The topological polar surface area (TPSA) is 105 Å². The fourth-order valence-electron chi connectivity index (χ4n) is 3.73. The molecule has 8 heteroatoms. The fraction of sp³-hybridized carbons (Fsp3) is 0.111. The summed E-state index contributed by atoms with van der Waals surface area (Å²) >= 11 is 0. The molecule has 35 heavy (non-hydrogen) atoms. The summed E-state index contributed by atoms with van der Waals surface area (Å²) in [5, 5.41) is 13.5. The number of hydrogen-bond acceptors (Lipinski definition) is 5. The first-order chi connectivity index (χ1) is 17.1. The highest BCUT2D eigenvalue weighted by molar-refractivity contribution is 5.99. The Morgan fingerprint density at radius 1 is 0.914 bits per heavy atom. The molecule has 0 saturated carbocycles. The van der Waals surface area contributed by atoms with Crippen molar-refractivity contribution < 1.29 is 9.53 Å². The zero-order valence-electron chi connectivity index (χ0n) is 19.3. The van der Waals surface area contributed by atoms with Gasteiger partial charge in [0.05, 0.1) is 17.3 Å². The lowest BCUT2D eigenvalue weighted by atomic mass is 10.0. The summed E-state index contributed by atoms with van der Waals surface area (Å²) in [6, 6.07) is 22.4. The van der Waals surface area contributed by atoms with Crippen LogP contribution in [0.1, 0.15) is 25.3 Å². The summed E-state index contributed by atoms with van der Waals surface area (Å²) in [5.74, 6) is 1.67. The van der Waals surface area contributed by atoms with Crippen LogP contribution in [-0.2, 0) is 0 Å². The average molecular weight is 465 g/mol. The number of anilines is 2. The molecule has 2 aromatic heterocycles. The predicted molar refractivity (Wildman–Crippen MR) is 137 cm³/mol. The van der Waals surface area contributed by atoms with Crippen LogP contribution < -0.4 is 15.4 Å². The third kappa shape index (κ3) is 4.96. The van der Waals surface area contributed by atoms with Crippen molar-refractivity contribution in [2.75, 3.05) is 10.6 Å². The van der Waals surface area contributed by atoms with Crippen LogP contribution in [0.25, 0.3) is 22.3 Å². The molecular formula is C27H24N6O2. The van der Waals surface area contributed by atoms with Crippen LogP contribution in [0.5, 0.6) is 11.5 Å². The lowest BCUT2D eigenvalue weighted by molar-refractivity contribution is 0.262. The van der Waals surface area contributed by atoms with Gasteiger partial charge in [0.1, 0.15) is 17.8 Å². The SMILES string of the molecule is CC(C)c1cccc(NC(=O)Nc2ccc(Oc3ccccc3-c3ncnc4[nH]ncc34)cc2)c1. The predicted octanol–water partition coefficient (Wildman–Crippen LogP) is 6.58. The Morgan fingerprint density at radius 2 is 1.71 bits per heavy atom. The summed E-state index contributed by atoms with van der Waals surface area (Å²) in [4.78, 5) is 21.1. The van der Waals surface area contributed by atoms with Crippen LogP contribution in [0.3, 0.4) is 0 Å². The van der Waals surface area contributed by atoms with Crippen molar-refractivity contribution in [2.45, 2.75) is 19.8 Å². The molecule has 3 aromatic carbocycles. The lowest BCUT2D eigenvalue weighted by Crippen LogP contribution is -2.19. The molecule has 0 aliphatic rings. The molecule has 8 nitrogen and oxygen atoms in total. The molecule has 0 fully saturated rings. The molecule has 0 atom stereocenters. The Bertz CT molecular complexity index is 1480. The van der Waals surface area contributed by atoms with E-state index in [2.05, 4.69) is 44.6 Å². The third-order valence-corrected chi connectivity index (χ3v) is 5.54. The molecule has 2 amide bonds. The molecule has 0 unspecified atom stereocenters. The van der Waals surface area contributed by atoms with Gasteiger partial charge < -0.3 is 15.4 Å². The van der Waals surface area contributed by atoms with E-state index in [4.69, 9.17) is 4.74 Å². The third-order valence-electron chi connectivity index (χ3n) is 5.54. The number of aromatic nitrogens is 4. The Labute approximate surface area is 202 Å². The summed E-state index contributed by atoms with van der Waals surface area (Å²) in [5.41, 5.74) is 4.79. The van der Waals surface area contributed by atoms with Crippen LogP contribution in [0.15, 0.2) is 85.3 Å². The number of para-hydroxylation sites is 1. The Kier molecular flexibility index (Phi) is 6.09. The van der Waals surface area contributed by atoms with E-state index < -0.39 is 0 Å². The standard InChI is InChI=1S/C27H24N6O2/c1-17(2)18-6-5-7-20(14-18)32-27(34)31-19-10-12-21(13-11-19)35-24-9-4-3-8-22(24)25-23-15-30-33-26(23)29-16-28-25/h3-17H,1-2H3,(H2,31,32,34)(H,28,29,30,33). The molecule has 5 rings (SSSR count). The van der Waals surface area contributed by atoms with E-state index in [1.165, 1.54) is 11.9 Å². The van der Waals surface area contributed by atoms with Gasteiger partial charge in [0.2, 0.25) is 0 Å². The fourth-order valence-corrected chi connectivity index (χ4v) is 3.73. The highest BCUT2D eigenvalue weighted by Gasteiger charge is 2.13. The maximum atomic E-state index is 12.5. The molecule has 5 aromatic rings. The van der Waals surface area contributed by atoms with Gasteiger partial charge >= 0.3 is 6.03 Å². The normalized spacial score (nSPS) is 10.9. The molecule has 0 bridgehead atoms. The van der Waals surface area contributed by atoms with Crippen LogP contribution in [-0.4, -0.2) is 26.2 Å². The van der Waals surface area contributed by atoms with E-state index in [1.807, 2.05) is 48.5 Å². The van der Waals surface area contributed by atoms with E-state index in [1.54, 1.807) is 30.5 Å². The zero-order chi connectivity index (χ0) is 24.2. The molecule has 174 valence electrons. The van der Waals surface area contributed by atoms with Crippen LogP contribution in [0.2, 0.25) is 0 Å². The number of ether oxygens (including phenoxy) is 1.